The van der Waals surface area contributed by atoms with Crippen LogP contribution in [0.5, 0.6) is 5.75 Å². The van der Waals surface area contributed by atoms with Crippen molar-refractivity contribution < 1.29 is 5.11 Å². The Balaban J connectivity index is 2.97. The first-order chi connectivity index (χ1) is 6.24. The average Bonchev–Trinajstić information content (AvgIpc) is 2.60. The van der Waals surface area contributed by atoms with Crippen molar-refractivity contribution in [2.45, 2.75) is 0 Å². The minimum absolute atomic E-state index is 0.0255. The minimum Gasteiger partial charge on any atom is -0.506 e. The van der Waals surface area contributed by atoms with E-state index in [2.05, 4.69) is 0 Å². The summed E-state index contributed by atoms with van der Waals surface area (Å²) in [6.07, 6.45) is 0. The van der Waals surface area contributed by atoms with E-state index in [1.54, 1.807) is 6.07 Å². The maximum absolute atomic E-state index is 9.38. The lowest BCUT2D eigenvalue weighted by molar-refractivity contribution is 0.478. The summed E-state index contributed by atoms with van der Waals surface area (Å²) in [7, 11) is 0. The lowest BCUT2D eigenvalue weighted by atomic mass is 10.1. The molecule has 0 aliphatic carbocycles. The van der Waals surface area contributed by atoms with Gasteiger partial charge in [-0.15, -0.1) is 11.3 Å². The standard InChI is InChI=1S/C9H6N2OS/c10-4-5-3-7(12)8(11)6-1-2-13-9(5)6/h1-3,12H,11H2. The molecule has 1 aromatic heterocycles. The molecule has 13 heavy (non-hydrogen) atoms. The van der Waals surface area contributed by atoms with E-state index in [-0.39, 0.29) is 5.75 Å². The number of phenolic OH excluding ortho intramolecular Hbond substituents is 1. The van der Waals surface area contributed by atoms with Crippen LogP contribution in [0.1, 0.15) is 5.56 Å². The average molecular weight is 190 g/mol. The molecule has 2 aromatic rings. The van der Waals surface area contributed by atoms with E-state index in [4.69, 9.17) is 11.0 Å². The highest BCUT2D eigenvalue weighted by molar-refractivity contribution is 7.17. The van der Waals surface area contributed by atoms with Crippen LogP contribution in [0, 0.1) is 11.3 Å². The summed E-state index contributed by atoms with van der Waals surface area (Å²) in [6.45, 7) is 0. The van der Waals surface area contributed by atoms with Crippen LogP contribution in [0.25, 0.3) is 10.1 Å². The Labute approximate surface area is 78.6 Å². The monoisotopic (exact) mass is 190 g/mol. The van der Waals surface area contributed by atoms with Crippen molar-refractivity contribution in [1.29, 1.82) is 5.26 Å². The summed E-state index contributed by atoms with van der Waals surface area (Å²) in [4.78, 5) is 0. The lowest BCUT2D eigenvalue weighted by Gasteiger charge is -2.01. The molecular weight excluding hydrogens is 184 g/mol. The summed E-state index contributed by atoms with van der Waals surface area (Å²) in [6, 6.07) is 5.22. The van der Waals surface area contributed by atoms with Crippen LogP contribution >= 0.6 is 11.3 Å². The van der Waals surface area contributed by atoms with E-state index in [9.17, 15) is 5.11 Å². The number of rotatable bonds is 0. The molecule has 0 unspecified atom stereocenters. The van der Waals surface area contributed by atoms with Crippen molar-refractivity contribution >= 4 is 27.1 Å². The van der Waals surface area contributed by atoms with Crippen LogP contribution in [-0.2, 0) is 0 Å². The molecule has 0 aliphatic heterocycles. The molecule has 0 radical (unpaired) electrons. The Kier molecular flexibility index (Phi) is 1.61. The quantitative estimate of drug-likeness (QED) is 0.493. The fourth-order valence-corrected chi connectivity index (χ4v) is 2.11. The van der Waals surface area contributed by atoms with E-state index in [1.165, 1.54) is 17.4 Å². The SMILES string of the molecule is N#Cc1cc(O)c(N)c2ccsc12. The number of benzene rings is 1. The highest BCUT2D eigenvalue weighted by Gasteiger charge is 2.09. The third-order valence-corrected chi connectivity index (χ3v) is 2.83. The summed E-state index contributed by atoms with van der Waals surface area (Å²) < 4.78 is 0.831. The Hall–Kier alpha value is -1.73. The molecule has 0 bridgehead atoms. The summed E-state index contributed by atoms with van der Waals surface area (Å²) in [5, 5.41) is 20.8. The molecule has 1 aromatic carbocycles. The van der Waals surface area contributed by atoms with Crippen LogP contribution in [-0.4, -0.2) is 5.11 Å². The van der Waals surface area contributed by atoms with Crippen LogP contribution in [0.2, 0.25) is 0 Å². The van der Waals surface area contributed by atoms with Crippen molar-refractivity contribution in [3.63, 3.8) is 0 Å². The van der Waals surface area contributed by atoms with E-state index in [0.717, 1.165) is 10.1 Å². The number of aromatic hydroxyl groups is 1. The first-order valence-electron chi connectivity index (χ1n) is 3.63. The van der Waals surface area contributed by atoms with Gasteiger partial charge in [-0.25, -0.2) is 0 Å². The van der Waals surface area contributed by atoms with E-state index in [0.29, 0.717) is 11.3 Å². The molecule has 4 heteroatoms. The van der Waals surface area contributed by atoms with E-state index in [1.807, 2.05) is 11.4 Å². The van der Waals surface area contributed by atoms with Gasteiger partial charge in [0.1, 0.15) is 11.8 Å². The summed E-state index contributed by atoms with van der Waals surface area (Å²) in [5.74, 6) is -0.0255. The second-order valence-electron chi connectivity index (χ2n) is 2.63. The number of hydrogen-bond acceptors (Lipinski definition) is 4. The van der Waals surface area contributed by atoms with Gasteiger partial charge in [-0.1, -0.05) is 0 Å². The molecule has 1 heterocycles. The molecule has 2 rings (SSSR count). The molecule has 0 saturated heterocycles. The number of hydrogen-bond donors (Lipinski definition) is 2. The van der Waals surface area contributed by atoms with Crippen molar-refractivity contribution in [3.05, 3.63) is 23.1 Å². The third-order valence-electron chi connectivity index (χ3n) is 1.88. The largest absolute Gasteiger partial charge is 0.506 e. The molecule has 0 fully saturated rings. The Morgan fingerprint density at radius 1 is 1.54 bits per heavy atom. The molecule has 0 spiro atoms. The van der Waals surface area contributed by atoms with E-state index < -0.39 is 0 Å². The fourth-order valence-electron chi connectivity index (χ4n) is 1.23. The van der Waals surface area contributed by atoms with Gasteiger partial charge in [-0.2, -0.15) is 5.26 Å². The highest BCUT2D eigenvalue weighted by atomic mass is 32.1. The van der Waals surface area contributed by atoms with Gasteiger partial charge in [0.15, 0.2) is 0 Å². The topological polar surface area (TPSA) is 70.0 Å². The summed E-state index contributed by atoms with van der Waals surface area (Å²) in [5.41, 5.74) is 6.45. The summed E-state index contributed by atoms with van der Waals surface area (Å²) >= 11 is 1.45. The lowest BCUT2D eigenvalue weighted by Crippen LogP contribution is -1.87. The van der Waals surface area contributed by atoms with Crippen LogP contribution in [0.3, 0.4) is 0 Å². The van der Waals surface area contributed by atoms with Gasteiger partial charge < -0.3 is 10.8 Å². The van der Waals surface area contributed by atoms with Crippen LogP contribution in [0.4, 0.5) is 5.69 Å². The maximum atomic E-state index is 9.38. The molecule has 0 atom stereocenters. The minimum atomic E-state index is -0.0255. The Morgan fingerprint density at radius 2 is 2.31 bits per heavy atom. The number of nitrogens with two attached hydrogens (primary N) is 1. The van der Waals surface area contributed by atoms with Crippen molar-refractivity contribution in [2.24, 2.45) is 0 Å². The first-order valence-corrected chi connectivity index (χ1v) is 4.50. The first kappa shape index (κ1) is 7.90. The number of thiophene rings is 1. The molecule has 0 amide bonds. The zero-order valence-electron chi connectivity index (χ0n) is 6.61. The third kappa shape index (κ3) is 1.02. The molecule has 0 aliphatic rings. The normalized spacial score (nSPS) is 10.1. The molecular formula is C9H6N2OS. The van der Waals surface area contributed by atoms with Crippen LogP contribution in [0.15, 0.2) is 17.5 Å². The van der Waals surface area contributed by atoms with Gasteiger partial charge in [-0.3, -0.25) is 0 Å². The number of anilines is 1. The van der Waals surface area contributed by atoms with Crippen LogP contribution < -0.4 is 5.73 Å². The zero-order valence-corrected chi connectivity index (χ0v) is 7.43. The molecule has 3 nitrogen and oxygen atoms in total. The van der Waals surface area contributed by atoms with Crippen molar-refractivity contribution in [3.8, 4) is 11.8 Å². The van der Waals surface area contributed by atoms with Crippen molar-refractivity contribution in [1.82, 2.24) is 0 Å². The number of nitriles is 1. The van der Waals surface area contributed by atoms with Gasteiger partial charge in [0.25, 0.3) is 0 Å². The number of phenols is 1. The van der Waals surface area contributed by atoms with Gasteiger partial charge in [0, 0.05) is 11.5 Å². The van der Waals surface area contributed by atoms with Gasteiger partial charge in [-0.05, 0) is 11.4 Å². The van der Waals surface area contributed by atoms with Gasteiger partial charge in [0.2, 0.25) is 0 Å². The predicted molar refractivity (Wildman–Crippen MR) is 52.6 cm³/mol. The number of nitrogens with zero attached hydrogens (tertiary/aromatic N) is 1. The number of nitrogen functional groups attached to an aromatic ring is 1. The van der Waals surface area contributed by atoms with E-state index >= 15 is 0 Å². The molecule has 64 valence electrons. The fraction of sp³-hybridized carbons (Fsp3) is 0. The molecule has 0 saturated carbocycles. The molecule has 3 N–H and O–H groups in total. The smallest absolute Gasteiger partial charge is 0.140 e. The second-order valence-corrected chi connectivity index (χ2v) is 3.55. The zero-order chi connectivity index (χ0) is 9.42. The van der Waals surface area contributed by atoms with Gasteiger partial charge >= 0.3 is 0 Å². The maximum Gasteiger partial charge on any atom is 0.140 e. The highest BCUT2D eigenvalue weighted by Crippen LogP contribution is 2.35. The second kappa shape index (κ2) is 2.64. The van der Waals surface area contributed by atoms with Crippen molar-refractivity contribution in [2.75, 3.05) is 5.73 Å². The Morgan fingerprint density at radius 3 is 3.00 bits per heavy atom. The predicted octanol–water partition coefficient (Wildman–Crippen LogP) is 2.06. The van der Waals surface area contributed by atoms with Gasteiger partial charge in [0.05, 0.1) is 16.0 Å². The number of fused-ring (bicyclic) bond motifs is 1. The Bertz CT molecular complexity index is 510.